The van der Waals surface area contributed by atoms with E-state index in [0.29, 0.717) is 0 Å². The predicted molar refractivity (Wildman–Crippen MR) is 308 cm³/mol. The van der Waals surface area contributed by atoms with Crippen molar-refractivity contribution < 1.29 is 32.5 Å². The Labute approximate surface area is 446 Å². The SMILES string of the molecule is [C-]#[N+]C(C)(C)C.[C-]#[N+]C(C)(C)C.[Cl-].[Tc].c1ccc(P(CCP(c2ccccc2)c2ccccc2)c2ccccc2)cc1.c1ccc(P(CCP(c2ccccc2)c2ccccc2)c2ccccc2)cc1. The van der Waals surface area contributed by atoms with Crippen LogP contribution in [0.3, 0.4) is 0 Å². The molecule has 0 heterocycles. The summed E-state index contributed by atoms with van der Waals surface area (Å²) in [5.74, 6) is 0. The van der Waals surface area contributed by atoms with E-state index in [1.807, 2.05) is 41.5 Å². The molecular weight excluding hydrogens is 1030 g/mol. The first kappa shape index (κ1) is 59.7. The molecule has 2 nitrogen and oxygen atoms in total. The van der Waals surface area contributed by atoms with Crippen LogP contribution >= 0.6 is 31.7 Å². The number of benzene rings is 8. The molecule has 8 heteroatoms. The first-order chi connectivity index (χ1) is 33.0. The maximum atomic E-state index is 6.48. The molecule has 0 aromatic heterocycles. The van der Waals surface area contributed by atoms with Gasteiger partial charge in [-0.05, 0) is 98.8 Å². The van der Waals surface area contributed by atoms with Crippen molar-refractivity contribution in [3.8, 4) is 0 Å². The smallest absolute Gasteiger partial charge is 0.224 e. The van der Waals surface area contributed by atoms with Crippen LogP contribution in [0.4, 0.5) is 0 Å². The van der Waals surface area contributed by atoms with Gasteiger partial charge in [0, 0.05) is 61.6 Å². The Morgan fingerprint density at radius 1 is 0.271 bits per heavy atom. The fourth-order valence-electron chi connectivity index (χ4n) is 6.89. The zero-order chi connectivity index (χ0) is 48.5. The molecule has 70 heavy (non-hydrogen) atoms. The molecule has 0 bridgehead atoms. The molecule has 8 rings (SSSR count). The molecule has 0 saturated carbocycles. The summed E-state index contributed by atoms with van der Waals surface area (Å²) < 4.78 is 0. The van der Waals surface area contributed by atoms with Gasteiger partial charge in [0.15, 0.2) is 0 Å². The molecule has 0 unspecified atom stereocenters. The summed E-state index contributed by atoms with van der Waals surface area (Å²) in [4.78, 5) is 6.54. The van der Waals surface area contributed by atoms with Gasteiger partial charge in [0.05, 0.1) is 0 Å². The van der Waals surface area contributed by atoms with Crippen LogP contribution in [0.2, 0.25) is 0 Å². The zero-order valence-corrected chi connectivity index (χ0v) is 47.6. The summed E-state index contributed by atoms with van der Waals surface area (Å²) in [5.41, 5.74) is -0.333. The van der Waals surface area contributed by atoms with Crippen LogP contribution in [0.5, 0.6) is 0 Å². The van der Waals surface area contributed by atoms with Crippen molar-refractivity contribution in [2.45, 2.75) is 52.6 Å². The van der Waals surface area contributed by atoms with Crippen LogP contribution in [0.1, 0.15) is 41.5 Å². The van der Waals surface area contributed by atoms with Gasteiger partial charge in [0.25, 0.3) is 0 Å². The Morgan fingerprint density at radius 3 is 0.457 bits per heavy atom. The van der Waals surface area contributed by atoms with Crippen molar-refractivity contribution in [2.24, 2.45) is 0 Å². The zero-order valence-electron chi connectivity index (χ0n) is 41.4. The molecule has 0 fully saturated rings. The molecule has 0 atom stereocenters. The average molecular weight is 1100 g/mol. The third-order valence-corrected chi connectivity index (χ3v) is 21.1. The molecular formula is C62H66ClN2P4Tc-. The topological polar surface area (TPSA) is 8.72 Å². The molecule has 8 aromatic carbocycles. The largest absolute Gasteiger partial charge is 1.00 e. The number of halogens is 1. The van der Waals surface area contributed by atoms with E-state index in [2.05, 4.69) is 252 Å². The molecule has 0 aliphatic carbocycles. The second-order valence-corrected chi connectivity index (χ2v) is 27.2. The van der Waals surface area contributed by atoms with E-state index in [-0.39, 0.29) is 75.3 Å². The second kappa shape index (κ2) is 32.4. The Kier molecular flexibility index (Phi) is 27.6. The Bertz CT molecular complexity index is 2150. The van der Waals surface area contributed by atoms with Gasteiger partial charge >= 0.3 is 0 Å². The summed E-state index contributed by atoms with van der Waals surface area (Å²) in [7, 11) is -1.39. The van der Waals surface area contributed by atoms with Crippen LogP contribution in [0, 0.1) is 13.1 Å². The van der Waals surface area contributed by atoms with E-state index in [0.717, 1.165) is 0 Å². The quantitative estimate of drug-likeness (QED) is 0.0758. The van der Waals surface area contributed by atoms with Crippen molar-refractivity contribution in [3.05, 3.63) is 265 Å². The summed E-state index contributed by atoms with van der Waals surface area (Å²) in [6.45, 7) is 24.3. The molecule has 0 amide bonds. The van der Waals surface area contributed by atoms with E-state index in [1.165, 1.54) is 67.1 Å². The standard InChI is InChI=1S/2C26H24P2.2C5H9N.ClH.Tc/c2*1-5-13-23(14-6-1)27(24-15-7-2-8-16-24)21-22-28(25-17-9-3-10-18-25)26-19-11-4-12-20-26;2*1-5(2,3)6-4;;/h2*1-20H,21-22H2;2*1-3H3;1H;/p-1. The van der Waals surface area contributed by atoms with Gasteiger partial charge in [0.1, 0.15) is 0 Å². The van der Waals surface area contributed by atoms with Crippen LogP contribution in [0.15, 0.2) is 243 Å². The Balaban J connectivity index is 0.000000294. The third kappa shape index (κ3) is 21.4. The van der Waals surface area contributed by atoms with Gasteiger partial charge in [0.2, 0.25) is 11.1 Å². The van der Waals surface area contributed by atoms with Crippen molar-refractivity contribution in [1.82, 2.24) is 0 Å². The van der Waals surface area contributed by atoms with Gasteiger partial charge in [-0.2, -0.15) is 0 Å². The van der Waals surface area contributed by atoms with Crippen LogP contribution in [-0.4, -0.2) is 35.7 Å². The van der Waals surface area contributed by atoms with E-state index in [9.17, 15) is 0 Å². The fraction of sp³-hybridized carbons (Fsp3) is 0.194. The van der Waals surface area contributed by atoms with Crippen molar-refractivity contribution in [3.63, 3.8) is 0 Å². The molecule has 8 aromatic rings. The van der Waals surface area contributed by atoms with Crippen LogP contribution in [-0.2, 0) is 20.1 Å². The maximum Gasteiger partial charge on any atom is 0.224 e. The minimum atomic E-state index is -0.348. The van der Waals surface area contributed by atoms with Crippen LogP contribution in [0.25, 0.3) is 9.69 Å². The molecule has 0 aliphatic rings. The predicted octanol–water partition coefficient (Wildman–Crippen LogP) is 10.9. The van der Waals surface area contributed by atoms with Crippen molar-refractivity contribution in [2.75, 3.05) is 24.6 Å². The first-order valence-corrected chi connectivity index (χ1v) is 29.3. The Hall–Kier alpha value is -4.60. The second-order valence-electron chi connectivity index (χ2n) is 17.9. The van der Waals surface area contributed by atoms with Crippen molar-refractivity contribution >= 4 is 74.1 Å². The van der Waals surface area contributed by atoms with Gasteiger partial charge in [-0.15, -0.1) is 0 Å². The molecule has 0 saturated heterocycles. The van der Waals surface area contributed by atoms with E-state index in [1.54, 1.807) is 0 Å². The maximum absolute atomic E-state index is 6.48. The number of nitrogens with zero attached hydrogens (tertiary/aromatic N) is 2. The monoisotopic (exact) mass is 1090 g/mol. The molecule has 0 aliphatic heterocycles. The summed E-state index contributed by atoms with van der Waals surface area (Å²) in [6, 6.07) is 88.4. The molecule has 0 N–H and O–H groups in total. The van der Waals surface area contributed by atoms with Gasteiger partial charge < -0.3 is 22.1 Å². The first-order valence-electron chi connectivity index (χ1n) is 23.2. The number of rotatable bonds is 14. The van der Waals surface area contributed by atoms with Crippen molar-refractivity contribution in [1.29, 1.82) is 0 Å². The van der Waals surface area contributed by atoms with E-state index in [4.69, 9.17) is 13.1 Å². The summed E-state index contributed by atoms with van der Waals surface area (Å²) >= 11 is 0. The van der Waals surface area contributed by atoms with E-state index < -0.39 is 0 Å². The minimum Gasteiger partial charge on any atom is -1.00 e. The van der Waals surface area contributed by atoms with Gasteiger partial charge in [-0.3, -0.25) is 0 Å². The van der Waals surface area contributed by atoms with Gasteiger partial charge in [-0.25, -0.2) is 13.1 Å². The minimum absolute atomic E-state index is 0. The number of hydrogen-bond donors (Lipinski definition) is 0. The van der Waals surface area contributed by atoms with Crippen LogP contribution < -0.4 is 54.8 Å². The summed E-state index contributed by atoms with van der Waals surface area (Å²) in [6.07, 6.45) is 4.83. The molecule has 359 valence electrons. The average Bonchev–Trinajstić information content (AvgIpc) is 3.39. The van der Waals surface area contributed by atoms with E-state index >= 15 is 0 Å². The van der Waals surface area contributed by atoms with Gasteiger partial charge in [-0.1, -0.05) is 243 Å². The number of hydrogen-bond acceptors (Lipinski definition) is 0. The third-order valence-electron chi connectivity index (χ3n) is 10.3. The molecule has 1 radical (unpaired) electrons. The molecule has 0 spiro atoms. The normalized spacial score (nSPS) is 10.6. The summed E-state index contributed by atoms with van der Waals surface area (Å²) in [5, 5.41) is 11.8. The Morgan fingerprint density at radius 2 is 0.371 bits per heavy atom. The fourth-order valence-corrected chi connectivity index (χ4v) is 17.6.